The maximum atomic E-state index is 13.0. The molecule has 39 heavy (non-hydrogen) atoms. The number of aromatic hydroxyl groups is 2. The number of aromatic nitrogens is 1. The largest absolute Gasteiger partial charge is 0.508 e. The molecular formula is C26H28N4O9. The van der Waals surface area contributed by atoms with Gasteiger partial charge in [0.1, 0.15) is 28.6 Å². The maximum absolute atomic E-state index is 13.0. The lowest BCUT2D eigenvalue weighted by Gasteiger charge is -2.44. The van der Waals surface area contributed by atoms with Gasteiger partial charge in [-0.2, -0.15) is 0 Å². The molecule has 2 amide bonds. The number of nitro groups is 1. The fourth-order valence-electron chi connectivity index (χ4n) is 4.58. The van der Waals surface area contributed by atoms with Crippen LogP contribution in [0.25, 0.3) is 11.3 Å². The zero-order valence-electron chi connectivity index (χ0n) is 21.5. The van der Waals surface area contributed by atoms with Crippen LogP contribution in [-0.2, 0) is 0 Å². The average molecular weight is 541 g/mol. The number of carbonyl (C=O) groups is 2. The molecule has 4 N–H and O–H groups in total. The predicted molar refractivity (Wildman–Crippen MR) is 137 cm³/mol. The second-order valence-corrected chi connectivity index (χ2v) is 10.3. The monoisotopic (exact) mass is 540 g/mol. The van der Waals surface area contributed by atoms with Gasteiger partial charge in [-0.25, -0.2) is 4.79 Å². The quantitative estimate of drug-likeness (QED) is 0.251. The van der Waals surface area contributed by atoms with Crippen LogP contribution in [0.5, 0.6) is 23.0 Å². The van der Waals surface area contributed by atoms with Gasteiger partial charge in [0.05, 0.1) is 4.92 Å². The third-order valence-electron chi connectivity index (χ3n) is 6.51. The van der Waals surface area contributed by atoms with Crippen molar-refractivity contribution in [2.75, 3.05) is 6.54 Å². The standard InChI is InChI=1S/C26H28N4O9/c1-26(2,3)22-10-14(8-9-29(22)25(34)35)27-24(33)18-13-21(39-28-18)23-19(32)11-16(31)12-20(23)38-17-6-4-15(5-7-17)30(36)37/h4-7,11-14,22,31-32H,8-10H2,1-3H3,(H,27,33)(H,34,35). The van der Waals surface area contributed by atoms with E-state index in [-0.39, 0.29) is 64.0 Å². The van der Waals surface area contributed by atoms with Crippen molar-refractivity contribution in [3.63, 3.8) is 0 Å². The number of hydrogen-bond acceptors (Lipinski definition) is 9. The van der Waals surface area contributed by atoms with E-state index in [9.17, 15) is 35.0 Å². The number of carbonyl (C=O) groups excluding carboxylic acids is 1. The van der Waals surface area contributed by atoms with Gasteiger partial charge >= 0.3 is 6.09 Å². The number of piperidine rings is 1. The highest BCUT2D eigenvalue weighted by atomic mass is 16.6. The molecule has 0 saturated carbocycles. The number of nitrogens with one attached hydrogen (secondary N) is 1. The van der Waals surface area contributed by atoms with Crippen molar-refractivity contribution < 1.29 is 39.1 Å². The first-order chi connectivity index (χ1) is 18.3. The summed E-state index contributed by atoms with van der Waals surface area (Å²) in [5.41, 5.74) is -0.555. The van der Waals surface area contributed by atoms with Crippen molar-refractivity contribution in [3.8, 4) is 34.3 Å². The lowest BCUT2D eigenvalue weighted by atomic mass is 9.79. The van der Waals surface area contributed by atoms with E-state index < -0.39 is 22.7 Å². The Labute approximate surface area is 222 Å². The van der Waals surface area contributed by atoms with Crippen LogP contribution in [0.4, 0.5) is 10.5 Å². The van der Waals surface area contributed by atoms with Gasteiger partial charge in [0.15, 0.2) is 11.5 Å². The highest BCUT2D eigenvalue weighted by Crippen LogP contribution is 2.43. The summed E-state index contributed by atoms with van der Waals surface area (Å²) in [5, 5.41) is 47.7. The molecule has 2 aromatic carbocycles. The molecule has 1 fully saturated rings. The molecule has 13 nitrogen and oxygen atoms in total. The fourth-order valence-corrected chi connectivity index (χ4v) is 4.58. The molecule has 1 aliphatic heterocycles. The molecule has 13 heteroatoms. The van der Waals surface area contributed by atoms with Crippen LogP contribution in [0.1, 0.15) is 44.1 Å². The summed E-state index contributed by atoms with van der Waals surface area (Å²) in [7, 11) is 0. The fraction of sp³-hybridized carbons (Fsp3) is 0.346. The second kappa shape index (κ2) is 10.5. The first-order valence-corrected chi connectivity index (χ1v) is 12.1. The topological polar surface area (TPSA) is 188 Å². The summed E-state index contributed by atoms with van der Waals surface area (Å²) in [5.74, 6) is -1.15. The maximum Gasteiger partial charge on any atom is 0.407 e. The van der Waals surface area contributed by atoms with E-state index in [0.717, 1.165) is 6.07 Å². The third-order valence-corrected chi connectivity index (χ3v) is 6.51. The lowest BCUT2D eigenvalue weighted by molar-refractivity contribution is -0.384. The van der Waals surface area contributed by atoms with Crippen LogP contribution in [0, 0.1) is 15.5 Å². The highest BCUT2D eigenvalue weighted by molar-refractivity contribution is 5.93. The van der Waals surface area contributed by atoms with Crippen LogP contribution < -0.4 is 10.1 Å². The summed E-state index contributed by atoms with van der Waals surface area (Å²) >= 11 is 0. The minimum Gasteiger partial charge on any atom is -0.508 e. The molecule has 1 aromatic heterocycles. The minimum atomic E-state index is -0.999. The van der Waals surface area contributed by atoms with E-state index in [0.29, 0.717) is 12.8 Å². The Kier molecular flexibility index (Phi) is 7.34. The number of ether oxygens (including phenoxy) is 1. The van der Waals surface area contributed by atoms with E-state index in [1.165, 1.54) is 41.3 Å². The van der Waals surface area contributed by atoms with E-state index in [1.54, 1.807) is 0 Å². The normalized spacial score (nSPS) is 17.5. The summed E-state index contributed by atoms with van der Waals surface area (Å²) < 4.78 is 11.1. The van der Waals surface area contributed by atoms with E-state index in [1.807, 2.05) is 20.8 Å². The summed E-state index contributed by atoms with van der Waals surface area (Å²) in [4.78, 5) is 36.4. The van der Waals surface area contributed by atoms with Crippen molar-refractivity contribution in [2.45, 2.75) is 45.7 Å². The molecule has 2 unspecified atom stereocenters. The van der Waals surface area contributed by atoms with Gasteiger partial charge in [0.25, 0.3) is 11.6 Å². The number of benzene rings is 2. The number of non-ortho nitro benzene ring substituents is 1. The third kappa shape index (κ3) is 6.03. The first kappa shape index (κ1) is 27.2. The van der Waals surface area contributed by atoms with Gasteiger partial charge in [-0.1, -0.05) is 25.9 Å². The molecule has 1 aliphatic rings. The average Bonchev–Trinajstić information content (AvgIpc) is 3.33. The molecule has 4 rings (SSSR count). The van der Waals surface area contributed by atoms with E-state index in [2.05, 4.69) is 10.5 Å². The van der Waals surface area contributed by atoms with Gasteiger partial charge in [-0.15, -0.1) is 0 Å². The van der Waals surface area contributed by atoms with Crippen molar-refractivity contribution in [1.29, 1.82) is 0 Å². The molecule has 0 radical (unpaired) electrons. The Hall–Kier alpha value is -4.81. The molecule has 2 atom stereocenters. The zero-order valence-corrected chi connectivity index (χ0v) is 21.5. The number of hydrogen-bond donors (Lipinski definition) is 4. The number of amides is 2. The Morgan fingerprint density at radius 1 is 1.18 bits per heavy atom. The molecular weight excluding hydrogens is 512 g/mol. The summed E-state index contributed by atoms with van der Waals surface area (Å²) in [6.45, 7) is 6.11. The molecule has 0 aliphatic carbocycles. The smallest absolute Gasteiger partial charge is 0.407 e. The molecule has 0 bridgehead atoms. The first-order valence-electron chi connectivity index (χ1n) is 12.1. The number of phenolic OH excluding ortho intramolecular Hbond substituents is 2. The lowest BCUT2D eigenvalue weighted by Crippen LogP contribution is -2.56. The van der Waals surface area contributed by atoms with Crippen molar-refractivity contribution in [3.05, 3.63) is 58.3 Å². The molecule has 0 spiro atoms. The summed E-state index contributed by atoms with van der Waals surface area (Å²) in [6.07, 6.45) is -0.138. The zero-order chi connectivity index (χ0) is 28.5. The number of nitro benzene ring substituents is 1. The molecule has 3 aromatic rings. The highest BCUT2D eigenvalue weighted by Gasteiger charge is 2.39. The second-order valence-electron chi connectivity index (χ2n) is 10.3. The minimum absolute atomic E-state index is 0.000246. The van der Waals surface area contributed by atoms with E-state index >= 15 is 0 Å². The van der Waals surface area contributed by atoms with Crippen molar-refractivity contribution in [1.82, 2.24) is 15.4 Å². The Morgan fingerprint density at radius 2 is 1.87 bits per heavy atom. The van der Waals surface area contributed by atoms with Gasteiger partial charge in [0, 0.05) is 49.0 Å². The van der Waals surface area contributed by atoms with Gasteiger partial charge in [0.2, 0.25) is 0 Å². The Bertz CT molecular complexity index is 1400. The van der Waals surface area contributed by atoms with Crippen LogP contribution in [0.3, 0.4) is 0 Å². The number of carboxylic acid groups (broad SMARTS) is 1. The van der Waals surface area contributed by atoms with Gasteiger partial charge < -0.3 is 34.8 Å². The molecule has 1 saturated heterocycles. The number of phenols is 2. The van der Waals surface area contributed by atoms with E-state index in [4.69, 9.17) is 9.26 Å². The Morgan fingerprint density at radius 3 is 2.49 bits per heavy atom. The predicted octanol–water partition coefficient (Wildman–Crippen LogP) is 4.74. The summed E-state index contributed by atoms with van der Waals surface area (Å²) in [6, 6.07) is 8.16. The van der Waals surface area contributed by atoms with Crippen molar-refractivity contribution in [2.24, 2.45) is 5.41 Å². The molecule has 2 heterocycles. The van der Waals surface area contributed by atoms with Crippen LogP contribution in [-0.4, -0.2) is 60.9 Å². The molecule has 206 valence electrons. The van der Waals surface area contributed by atoms with Crippen molar-refractivity contribution >= 4 is 17.7 Å². The van der Waals surface area contributed by atoms with Crippen LogP contribution >= 0.6 is 0 Å². The van der Waals surface area contributed by atoms with Gasteiger partial charge in [-0.05, 0) is 30.4 Å². The SMILES string of the molecule is CC(C)(C)C1CC(NC(=O)c2cc(-c3c(O)cc(O)cc3Oc3ccc([N+](=O)[O-])cc3)on2)CCN1C(=O)O. The van der Waals surface area contributed by atoms with Crippen LogP contribution in [0.15, 0.2) is 47.0 Å². The van der Waals surface area contributed by atoms with Gasteiger partial charge in [-0.3, -0.25) is 14.9 Å². The number of nitrogens with zero attached hydrogens (tertiary/aromatic N) is 3. The Balaban J connectivity index is 1.54. The number of rotatable bonds is 6. The number of likely N-dealkylation sites (tertiary alicyclic amines) is 1. The van der Waals surface area contributed by atoms with Crippen LogP contribution in [0.2, 0.25) is 0 Å².